The van der Waals surface area contributed by atoms with Gasteiger partial charge >= 0.3 is 0 Å². The van der Waals surface area contributed by atoms with Crippen molar-refractivity contribution in [3.63, 3.8) is 0 Å². The van der Waals surface area contributed by atoms with E-state index in [1.165, 1.54) is 12.1 Å². The van der Waals surface area contributed by atoms with Gasteiger partial charge in [0, 0.05) is 0 Å². The smallest absolute Gasteiger partial charge is 0.123 e. The van der Waals surface area contributed by atoms with Gasteiger partial charge in [-0.05, 0) is 17.7 Å². The Labute approximate surface area is 88.0 Å². The molecule has 2 atom stereocenters. The molecule has 0 amide bonds. The zero-order valence-corrected chi connectivity index (χ0v) is 8.36. The fraction of sp³-hybridized carbons (Fsp3) is 0.455. The van der Waals surface area contributed by atoms with Crippen LogP contribution in [0.15, 0.2) is 24.3 Å². The lowest BCUT2D eigenvalue weighted by Gasteiger charge is -2.28. The summed E-state index contributed by atoms with van der Waals surface area (Å²) in [6.45, 7) is 1.69. The molecule has 1 aromatic rings. The van der Waals surface area contributed by atoms with Crippen LogP contribution in [0.1, 0.15) is 11.6 Å². The fourth-order valence-corrected chi connectivity index (χ4v) is 1.61. The van der Waals surface area contributed by atoms with Crippen molar-refractivity contribution in [2.75, 3.05) is 19.8 Å². The van der Waals surface area contributed by atoms with Crippen LogP contribution in [0.2, 0.25) is 0 Å². The van der Waals surface area contributed by atoms with Crippen molar-refractivity contribution in [2.24, 2.45) is 5.73 Å². The van der Waals surface area contributed by atoms with E-state index in [1.807, 2.05) is 0 Å². The van der Waals surface area contributed by atoms with E-state index in [0.29, 0.717) is 19.8 Å². The van der Waals surface area contributed by atoms with Crippen molar-refractivity contribution in [2.45, 2.75) is 12.1 Å². The van der Waals surface area contributed by atoms with Gasteiger partial charge in [0.1, 0.15) is 11.9 Å². The van der Waals surface area contributed by atoms with Gasteiger partial charge in [-0.3, -0.25) is 0 Å². The summed E-state index contributed by atoms with van der Waals surface area (Å²) in [5.74, 6) is -0.258. The Hall–Kier alpha value is -0.970. The molecule has 15 heavy (non-hydrogen) atoms. The molecule has 0 spiro atoms. The Morgan fingerprint density at radius 3 is 2.60 bits per heavy atom. The van der Waals surface area contributed by atoms with Gasteiger partial charge in [-0.15, -0.1) is 0 Å². The maximum absolute atomic E-state index is 12.7. The second kappa shape index (κ2) is 4.70. The van der Waals surface area contributed by atoms with Gasteiger partial charge in [0.25, 0.3) is 0 Å². The maximum Gasteiger partial charge on any atom is 0.123 e. The van der Waals surface area contributed by atoms with Gasteiger partial charge in [-0.25, -0.2) is 4.39 Å². The maximum atomic E-state index is 12.7. The molecule has 1 aliphatic heterocycles. The van der Waals surface area contributed by atoms with Crippen molar-refractivity contribution < 1.29 is 13.9 Å². The zero-order chi connectivity index (χ0) is 10.7. The fourth-order valence-electron chi connectivity index (χ4n) is 1.61. The predicted octanol–water partition coefficient (Wildman–Crippen LogP) is 1.24. The average molecular weight is 211 g/mol. The number of halogens is 1. The molecule has 2 rings (SSSR count). The standard InChI is InChI=1S/C11H14FNO2/c12-9-3-1-8(2-4-9)11(13)10-7-14-5-6-15-10/h1-4,10-11H,5-7,13H2. The molecule has 4 heteroatoms. The van der Waals surface area contributed by atoms with Crippen LogP contribution >= 0.6 is 0 Å². The molecule has 0 saturated carbocycles. The molecule has 2 N–H and O–H groups in total. The van der Waals surface area contributed by atoms with E-state index in [0.717, 1.165) is 5.56 Å². The molecule has 1 aliphatic rings. The van der Waals surface area contributed by atoms with Gasteiger partial charge in [0.05, 0.1) is 25.9 Å². The minimum atomic E-state index is -0.258. The lowest BCUT2D eigenvalue weighted by Crippen LogP contribution is -2.37. The molecule has 1 heterocycles. The first-order valence-electron chi connectivity index (χ1n) is 4.98. The van der Waals surface area contributed by atoms with Crippen molar-refractivity contribution >= 4 is 0 Å². The Balaban J connectivity index is 2.05. The largest absolute Gasteiger partial charge is 0.376 e. The molecule has 0 aromatic heterocycles. The number of hydrogen-bond acceptors (Lipinski definition) is 3. The van der Waals surface area contributed by atoms with E-state index in [-0.39, 0.29) is 18.0 Å². The van der Waals surface area contributed by atoms with Crippen molar-refractivity contribution in [3.05, 3.63) is 35.6 Å². The van der Waals surface area contributed by atoms with Crippen LogP contribution in [0.3, 0.4) is 0 Å². The van der Waals surface area contributed by atoms with E-state index >= 15 is 0 Å². The third-order valence-corrected chi connectivity index (χ3v) is 2.50. The van der Waals surface area contributed by atoms with Crippen LogP contribution in [-0.2, 0) is 9.47 Å². The summed E-state index contributed by atoms with van der Waals surface area (Å²) >= 11 is 0. The topological polar surface area (TPSA) is 44.5 Å². The van der Waals surface area contributed by atoms with Gasteiger partial charge in [0.15, 0.2) is 0 Å². The molecule has 3 nitrogen and oxygen atoms in total. The van der Waals surface area contributed by atoms with Crippen LogP contribution in [0.5, 0.6) is 0 Å². The molecule has 82 valence electrons. The lowest BCUT2D eigenvalue weighted by molar-refractivity contribution is -0.0975. The summed E-state index contributed by atoms with van der Waals surface area (Å²) in [5, 5.41) is 0. The second-order valence-electron chi connectivity index (χ2n) is 3.56. The van der Waals surface area contributed by atoms with Crippen LogP contribution in [0.4, 0.5) is 4.39 Å². The number of rotatable bonds is 2. The van der Waals surface area contributed by atoms with Crippen LogP contribution < -0.4 is 5.73 Å². The molecule has 1 aromatic carbocycles. The highest BCUT2D eigenvalue weighted by atomic mass is 19.1. The lowest BCUT2D eigenvalue weighted by atomic mass is 10.0. The van der Waals surface area contributed by atoms with Crippen molar-refractivity contribution in [1.29, 1.82) is 0 Å². The summed E-state index contributed by atoms with van der Waals surface area (Å²) in [7, 11) is 0. The number of benzene rings is 1. The normalized spacial score (nSPS) is 23.7. The summed E-state index contributed by atoms with van der Waals surface area (Å²) in [6.07, 6.45) is -0.135. The summed E-state index contributed by atoms with van der Waals surface area (Å²) in [6, 6.07) is 5.90. The second-order valence-corrected chi connectivity index (χ2v) is 3.56. The molecule has 1 fully saturated rings. The summed E-state index contributed by atoms with van der Waals surface area (Å²) in [5.41, 5.74) is 6.86. The highest BCUT2D eigenvalue weighted by molar-refractivity contribution is 5.20. The van der Waals surface area contributed by atoms with E-state index in [2.05, 4.69) is 0 Å². The van der Waals surface area contributed by atoms with Gasteiger partial charge in [-0.1, -0.05) is 12.1 Å². The average Bonchev–Trinajstić information content (AvgIpc) is 2.30. The Morgan fingerprint density at radius 2 is 2.00 bits per heavy atom. The Morgan fingerprint density at radius 1 is 1.27 bits per heavy atom. The van der Waals surface area contributed by atoms with Gasteiger partial charge in [0.2, 0.25) is 0 Å². The third kappa shape index (κ3) is 2.53. The first-order chi connectivity index (χ1) is 7.27. The quantitative estimate of drug-likeness (QED) is 0.800. The minimum Gasteiger partial charge on any atom is -0.376 e. The molecule has 0 radical (unpaired) electrons. The highest BCUT2D eigenvalue weighted by Crippen LogP contribution is 2.19. The Bertz CT molecular complexity index is 309. The molecule has 1 saturated heterocycles. The molecular formula is C11H14FNO2. The number of nitrogens with two attached hydrogens (primary N) is 1. The monoisotopic (exact) mass is 211 g/mol. The van der Waals surface area contributed by atoms with Crippen LogP contribution in [0.25, 0.3) is 0 Å². The highest BCUT2D eigenvalue weighted by Gasteiger charge is 2.23. The number of ether oxygens (including phenoxy) is 2. The van der Waals surface area contributed by atoms with Crippen molar-refractivity contribution in [1.82, 2.24) is 0 Å². The van der Waals surface area contributed by atoms with Crippen molar-refractivity contribution in [3.8, 4) is 0 Å². The van der Waals surface area contributed by atoms with Crippen LogP contribution in [0, 0.1) is 5.82 Å². The van der Waals surface area contributed by atoms with E-state index < -0.39 is 0 Å². The molecule has 0 bridgehead atoms. The molecule has 0 aliphatic carbocycles. The van der Waals surface area contributed by atoms with E-state index in [9.17, 15) is 4.39 Å². The number of hydrogen-bond donors (Lipinski definition) is 1. The zero-order valence-electron chi connectivity index (χ0n) is 8.36. The first-order valence-corrected chi connectivity index (χ1v) is 4.98. The third-order valence-electron chi connectivity index (χ3n) is 2.50. The predicted molar refractivity (Wildman–Crippen MR) is 53.9 cm³/mol. The van der Waals surface area contributed by atoms with E-state index in [4.69, 9.17) is 15.2 Å². The molecular weight excluding hydrogens is 197 g/mol. The SMILES string of the molecule is NC(c1ccc(F)cc1)C1COCCO1. The first kappa shape index (κ1) is 10.5. The summed E-state index contributed by atoms with van der Waals surface area (Å²) < 4.78 is 23.4. The van der Waals surface area contributed by atoms with Gasteiger partial charge in [-0.2, -0.15) is 0 Å². The Kier molecular flexibility index (Phi) is 3.30. The minimum absolute atomic E-state index is 0.135. The van der Waals surface area contributed by atoms with E-state index in [1.54, 1.807) is 12.1 Å². The van der Waals surface area contributed by atoms with Gasteiger partial charge < -0.3 is 15.2 Å². The molecule has 2 unspecified atom stereocenters. The van der Waals surface area contributed by atoms with Crippen LogP contribution in [-0.4, -0.2) is 25.9 Å². The summed E-state index contributed by atoms with van der Waals surface area (Å²) in [4.78, 5) is 0.